The highest BCUT2D eigenvalue weighted by Gasteiger charge is 2.13. The zero-order valence-electron chi connectivity index (χ0n) is 11.0. The summed E-state index contributed by atoms with van der Waals surface area (Å²) in [5, 5.41) is 4.58. The Morgan fingerprint density at radius 2 is 2.25 bits per heavy atom. The van der Waals surface area contributed by atoms with Gasteiger partial charge in [0, 0.05) is 13.2 Å². The molecule has 20 heavy (non-hydrogen) atoms. The lowest BCUT2D eigenvalue weighted by Crippen LogP contribution is -2.15. The molecular weight excluding hydrogens is 284 g/mol. The number of esters is 1. The summed E-state index contributed by atoms with van der Waals surface area (Å²) in [6.07, 6.45) is 1.52. The van der Waals surface area contributed by atoms with E-state index in [4.69, 9.17) is 21.1 Å². The smallest absolute Gasteiger partial charge is 0.344 e. The lowest BCUT2D eigenvalue weighted by molar-refractivity contribution is -0.145. The molecule has 2 aromatic rings. The standard InChI is InChI=1S/C12H13ClN4O3/c1-3-19-10(18)7-20-12-15-11(17(2)16-12)9-5-4-8(13)6-14-9/h4-6H,3,7H2,1-2H3. The molecule has 8 heteroatoms. The van der Waals surface area contributed by atoms with E-state index in [0.717, 1.165) is 0 Å². The Morgan fingerprint density at radius 3 is 2.90 bits per heavy atom. The summed E-state index contributed by atoms with van der Waals surface area (Å²) in [4.78, 5) is 19.5. The molecule has 0 aliphatic rings. The molecule has 2 rings (SSSR count). The second-order valence-corrected chi connectivity index (χ2v) is 4.23. The highest BCUT2D eigenvalue weighted by atomic mass is 35.5. The molecule has 0 amide bonds. The molecule has 0 unspecified atom stereocenters. The van der Waals surface area contributed by atoms with Crippen molar-refractivity contribution in [1.29, 1.82) is 0 Å². The maximum absolute atomic E-state index is 11.2. The summed E-state index contributed by atoms with van der Waals surface area (Å²) in [7, 11) is 1.70. The van der Waals surface area contributed by atoms with E-state index in [9.17, 15) is 4.79 Å². The van der Waals surface area contributed by atoms with Crippen molar-refractivity contribution >= 4 is 17.6 Å². The minimum absolute atomic E-state index is 0.0901. The number of carbonyl (C=O) groups excluding carboxylic acids is 1. The van der Waals surface area contributed by atoms with Gasteiger partial charge >= 0.3 is 12.0 Å². The topological polar surface area (TPSA) is 79.1 Å². The largest absolute Gasteiger partial charge is 0.463 e. The first kappa shape index (κ1) is 14.3. The third-order valence-electron chi connectivity index (χ3n) is 2.32. The van der Waals surface area contributed by atoms with E-state index in [2.05, 4.69) is 15.1 Å². The van der Waals surface area contributed by atoms with Gasteiger partial charge in [-0.3, -0.25) is 4.98 Å². The van der Waals surface area contributed by atoms with Crippen LogP contribution in [0, 0.1) is 0 Å². The Hall–Kier alpha value is -2.15. The van der Waals surface area contributed by atoms with Crippen LogP contribution in [0.15, 0.2) is 18.3 Å². The fourth-order valence-electron chi connectivity index (χ4n) is 1.48. The molecule has 0 radical (unpaired) electrons. The molecule has 106 valence electrons. The van der Waals surface area contributed by atoms with Gasteiger partial charge in [0.2, 0.25) is 0 Å². The molecule has 0 atom stereocenters. The van der Waals surface area contributed by atoms with Crippen LogP contribution in [-0.2, 0) is 16.6 Å². The van der Waals surface area contributed by atoms with Crippen LogP contribution >= 0.6 is 11.6 Å². The number of aryl methyl sites for hydroxylation is 1. The lowest BCUT2D eigenvalue weighted by Gasteiger charge is -2.00. The molecule has 0 aromatic carbocycles. The normalized spacial score (nSPS) is 10.3. The van der Waals surface area contributed by atoms with Gasteiger partial charge in [0.1, 0.15) is 5.69 Å². The van der Waals surface area contributed by atoms with Gasteiger partial charge in [-0.05, 0) is 19.1 Å². The number of hydrogen-bond acceptors (Lipinski definition) is 6. The van der Waals surface area contributed by atoms with Crippen LogP contribution in [0.2, 0.25) is 5.02 Å². The fourth-order valence-corrected chi connectivity index (χ4v) is 1.59. The second kappa shape index (κ2) is 6.33. The van der Waals surface area contributed by atoms with Crippen molar-refractivity contribution < 1.29 is 14.3 Å². The van der Waals surface area contributed by atoms with Crippen LogP contribution in [0.1, 0.15) is 6.92 Å². The Kier molecular flexibility index (Phi) is 4.52. The quantitative estimate of drug-likeness (QED) is 0.778. The van der Waals surface area contributed by atoms with Crippen molar-refractivity contribution in [3.05, 3.63) is 23.4 Å². The lowest BCUT2D eigenvalue weighted by atomic mass is 10.3. The molecule has 2 aromatic heterocycles. The van der Waals surface area contributed by atoms with E-state index < -0.39 is 5.97 Å². The highest BCUT2D eigenvalue weighted by molar-refractivity contribution is 6.30. The number of ether oxygens (including phenoxy) is 2. The summed E-state index contributed by atoms with van der Waals surface area (Å²) in [6, 6.07) is 3.52. The predicted molar refractivity (Wildman–Crippen MR) is 71.4 cm³/mol. The molecule has 0 aliphatic heterocycles. The van der Waals surface area contributed by atoms with Gasteiger partial charge in [-0.1, -0.05) is 11.6 Å². The number of rotatable bonds is 5. The second-order valence-electron chi connectivity index (χ2n) is 3.80. The minimum Gasteiger partial charge on any atom is -0.463 e. The SMILES string of the molecule is CCOC(=O)COc1nc(-c2ccc(Cl)cn2)n(C)n1. The highest BCUT2D eigenvalue weighted by Crippen LogP contribution is 2.18. The van der Waals surface area contributed by atoms with Crippen LogP contribution < -0.4 is 4.74 Å². The molecule has 0 N–H and O–H groups in total. The van der Waals surface area contributed by atoms with Crippen molar-refractivity contribution in [2.45, 2.75) is 6.92 Å². The molecule has 0 spiro atoms. The van der Waals surface area contributed by atoms with Gasteiger partial charge in [0.15, 0.2) is 12.4 Å². The van der Waals surface area contributed by atoms with E-state index in [1.165, 1.54) is 10.9 Å². The maximum Gasteiger partial charge on any atom is 0.344 e. The molecule has 0 fully saturated rings. The summed E-state index contributed by atoms with van der Waals surface area (Å²) in [5.74, 6) is 0.0478. The van der Waals surface area contributed by atoms with Crippen LogP contribution in [0.5, 0.6) is 6.01 Å². The summed E-state index contributed by atoms with van der Waals surface area (Å²) in [6.45, 7) is 1.80. The van der Waals surface area contributed by atoms with E-state index >= 15 is 0 Å². The summed E-state index contributed by atoms with van der Waals surface area (Å²) in [5.41, 5.74) is 0.607. The van der Waals surface area contributed by atoms with E-state index in [1.807, 2.05) is 0 Å². The molecule has 7 nitrogen and oxygen atoms in total. The molecule has 0 saturated carbocycles. The number of aromatic nitrogens is 4. The molecule has 0 bridgehead atoms. The van der Waals surface area contributed by atoms with Crippen molar-refractivity contribution in [3.63, 3.8) is 0 Å². The first-order valence-corrected chi connectivity index (χ1v) is 6.29. The number of pyridine rings is 1. The van der Waals surface area contributed by atoms with Gasteiger partial charge in [-0.25, -0.2) is 9.48 Å². The molecule has 2 heterocycles. The Balaban J connectivity index is 2.09. The van der Waals surface area contributed by atoms with Crippen LogP contribution in [0.4, 0.5) is 0 Å². The fraction of sp³-hybridized carbons (Fsp3) is 0.333. The Labute approximate surface area is 120 Å². The van der Waals surface area contributed by atoms with Gasteiger partial charge in [0.05, 0.1) is 11.6 Å². The average molecular weight is 297 g/mol. The van der Waals surface area contributed by atoms with Crippen LogP contribution in [0.25, 0.3) is 11.5 Å². The van der Waals surface area contributed by atoms with E-state index in [-0.39, 0.29) is 12.6 Å². The van der Waals surface area contributed by atoms with Gasteiger partial charge in [-0.15, -0.1) is 5.10 Å². The van der Waals surface area contributed by atoms with E-state index in [0.29, 0.717) is 23.1 Å². The first-order valence-electron chi connectivity index (χ1n) is 5.91. The van der Waals surface area contributed by atoms with Crippen LogP contribution in [0.3, 0.4) is 0 Å². The number of halogens is 1. The van der Waals surface area contributed by atoms with Gasteiger partial charge in [-0.2, -0.15) is 4.98 Å². The number of nitrogens with zero attached hydrogens (tertiary/aromatic N) is 4. The minimum atomic E-state index is -0.467. The van der Waals surface area contributed by atoms with E-state index in [1.54, 1.807) is 26.1 Å². The maximum atomic E-state index is 11.2. The van der Waals surface area contributed by atoms with Crippen molar-refractivity contribution in [2.75, 3.05) is 13.2 Å². The third kappa shape index (κ3) is 3.45. The number of carbonyl (C=O) groups is 1. The summed E-state index contributed by atoms with van der Waals surface area (Å²) < 4.78 is 11.4. The van der Waals surface area contributed by atoms with Crippen molar-refractivity contribution in [3.8, 4) is 17.5 Å². The van der Waals surface area contributed by atoms with Crippen molar-refractivity contribution in [2.24, 2.45) is 7.05 Å². The summed E-state index contributed by atoms with van der Waals surface area (Å²) >= 11 is 5.78. The monoisotopic (exact) mass is 296 g/mol. The Morgan fingerprint density at radius 1 is 1.45 bits per heavy atom. The van der Waals surface area contributed by atoms with Gasteiger partial charge in [0.25, 0.3) is 0 Å². The third-order valence-corrected chi connectivity index (χ3v) is 2.55. The molecular formula is C12H13ClN4O3. The molecule has 0 saturated heterocycles. The number of hydrogen-bond donors (Lipinski definition) is 0. The Bertz CT molecular complexity index is 597. The zero-order chi connectivity index (χ0) is 14.5. The first-order chi connectivity index (χ1) is 9.60. The van der Waals surface area contributed by atoms with Crippen molar-refractivity contribution in [1.82, 2.24) is 19.7 Å². The van der Waals surface area contributed by atoms with Crippen LogP contribution in [-0.4, -0.2) is 38.9 Å². The molecule has 0 aliphatic carbocycles. The zero-order valence-corrected chi connectivity index (χ0v) is 11.8. The average Bonchev–Trinajstić information content (AvgIpc) is 2.79. The predicted octanol–water partition coefficient (Wildman–Crippen LogP) is 1.47. The van der Waals surface area contributed by atoms with Gasteiger partial charge < -0.3 is 9.47 Å².